The monoisotopic (exact) mass is 1050 g/mol. The normalized spacial score (nSPS) is 13.8. The Bertz CT molecular complexity index is 1200. The standard InChI is InChI=1S/C64H129N2O6P/c1-6-8-10-12-14-16-18-20-22-24-26-28-30-32-34-36-38-40-42-44-46-48-50-52-54-56-58-64(68)65-62(61-72-73(69,70)71-60-59-66(3,4)5)63(67)57-55-53-51-49-47-45-43-41-39-37-35-33-31-29-27-25-23-21-19-17-15-13-11-9-7-2/h55,57,62-63,67H,6-54,56,58-61H2,1-5H3,(H-,65,68,69,70)/b57-55+. The third-order valence-electron chi connectivity index (χ3n) is 15.2. The summed E-state index contributed by atoms with van der Waals surface area (Å²) in [6, 6.07) is -0.883. The van der Waals surface area contributed by atoms with Crippen LogP contribution in [0.5, 0.6) is 0 Å². The Morgan fingerprint density at radius 1 is 0.466 bits per heavy atom. The molecule has 0 rings (SSSR count). The highest BCUT2D eigenvalue weighted by Gasteiger charge is 2.23. The van der Waals surface area contributed by atoms with E-state index in [-0.39, 0.29) is 19.1 Å². The quantitative estimate of drug-likeness (QED) is 0.0272. The van der Waals surface area contributed by atoms with Gasteiger partial charge in [0, 0.05) is 6.42 Å². The van der Waals surface area contributed by atoms with Crippen LogP contribution in [0, 0.1) is 0 Å². The van der Waals surface area contributed by atoms with E-state index in [0.717, 1.165) is 38.5 Å². The van der Waals surface area contributed by atoms with Crippen molar-refractivity contribution in [3.8, 4) is 0 Å². The summed E-state index contributed by atoms with van der Waals surface area (Å²) in [7, 11) is 1.28. The molecule has 0 saturated heterocycles. The van der Waals surface area contributed by atoms with E-state index in [1.165, 1.54) is 283 Å². The molecule has 0 fully saturated rings. The smallest absolute Gasteiger partial charge is 0.268 e. The van der Waals surface area contributed by atoms with Crippen LogP contribution in [0.4, 0.5) is 0 Å². The SMILES string of the molecule is CCCCCCCCCCCCCCCCCCCCCCCCC/C=C/C(O)C(COP(=O)([O-])OCC[N+](C)(C)C)NC(=O)CCCCCCCCCCCCCCCCCCCCCCCCCCCC. The minimum Gasteiger partial charge on any atom is -0.756 e. The average molecular weight is 1050 g/mol. The zero-order valence-corrected chi connectivity index (χ0v) is 50.8. The number of carbonyl (C=O) groups is 1. The summed E-state index contributed by atoms with van der Waals surface area (Å²) in [5.41, 5.74) is 0. The predicted molar refractivity (Wildman–Crippen MR) is 316 cm³/mol. The number of hydrogen-bond donors (Lipinski definition) is 2. The summed E-state index contributed by atoms with van der Waals surface area (Å²) in [5.74, 6) is -0.188. The van der Waals surface area contributed by atoms with Crippen molar-refractivity contribution in [2.45, 2.75) is 353 Å². The van der Waals surface area contributed by atoms with Gasteiger partial charge in [-0.15, -0.1) is 0 Å². The van der Waals surface area contributed by atoms with Gasteiger partial charge in [-0.3, -0.25) is 9.36 Å². The topological polar surface area (TPSA) is 108 Å². The lowest BCUT2D eigenvalue weighted by Gasteiger charge is -2.29. The number of aliphatic hydroxyl groups is 1. The zero-order valence-electron chi connectivity index (χ0n) is 49.9. The van der Waals surface area contributed by atoms with Gasteiger partial charge in [0.25, 0.3) is 7.82 Å². The van der Waals surface area contributed by atoms with Crippen molar-refractivity contribution < 1.29 is 32.9 Å². The number of hydrogen-bond acceptors (Lipinski definition) is 6. The van der Waals surface area contributed by atoms with E-state index in [9.17, 15) is 19.4 Å². The molecule has 0 saturated carbocycles. The van der Waals surface area contributed by atoms with Crippen molar-refractivity contribution in [2.24, 2.45) is 0 Å². The second-order valence-corrected chi connectivity index (χ2v) is 25.2. The number of nitrogens with one attached hydrogen (secondary N) is 1. The molecule has 8 nitrogen and oxygen atoms in total. The van der Waals surface area contributed by atoms with Crippen molar-refractivity contribution in [1.82, 2.24) is 5.32 Å². The maximum absolute atomic E-state index is 13.0. The molecule has 73 heavy (non-hydrogen) atoms. The summed E-state index contributed by atoms with van der Waals surface area (Å²) in [6.07, 6.45) is 70.3. The maximum Gasteiger partial charge on any atom is 0.268 e. The van der Waals surface area contributed by atoms with Crippen LogP contribution in [-0.2, 0) is 18.4 Å². The first kappa shape index (κ1) is 72.2. The lowest BCUT2D eigenvalue weighted by atomic mass is 10.0. The highest BCUT2D eigenvalue weighted by molar-refractivity contribution is 7.45. The van der Waals surface area contributed by atoms with Crippen LogP contribution in [0.1, 0.15) is 341 Å². The first-order chi connectivity index (χ1) is 35.5. The molecule has 0 aliphatic carbocycles. The molecule has 0 aliphatic heterocycles. The van der Waals surface area contributed by atoms with E-state index in [2.05, 4.69) is 19.2 Å². The fourth-order valence-corrected chi connectivity index (χ4v) is 10.9. The molecule has 0 heterocycles. The van der Waals surface area contributed by atoms with Crippen LogP contribution in [0.15, 0.2) is 12.2 Å². The summed E-state index contributed by atoms with van der Waals surface area (Å²) in [5, 5.41) is 13.9. The molecule has 0 aromatic rings. The van der Waals surface area contributed by atoms with Crippen LogP contribution in [0.3, 0.4) is 0 Å². The van der Waals surface area contributed by atoms with Crippen molar-refractivity contribution in [3.05, 3.63) is 12.2 Å². The molecular formula is C64H129N2O6P. The Morgan fingerprint density at radius 2 is 0.740 bits per heavy atom. The summed E-state index contributed by atoms with van der Waals surface area (Å²) in [6.45, 7) is 4.72. The van der Waals surface area contributed by atoms with Gasteiger partial charge in [-0.2, -0.15) is 0 Å². The van der Waals surface area contributed by atoms with Gasteiger partial charge in [0.15, 0.2) is 0 Å². The molecule has 0 aromatic heterocycles. The second-order valence-electron chi connectivity index (χ2n) is 23.8. The molecule has 3 atom stereocenters. The fourth-order valence-electron chi connectivity index (χ4n) is 10.2. The number of phosphoric acid groups is 1. The molecule has 436 valence electrons. The number of aliphatic hydroxyl groups excluding tert-OH is 1. The number of nitrogens with zero attached hydrogens (tertiary/aromatic N) is 1. The third kappa shape index (κ3) is 58.8. The zero-order chi connectivity index (χ0) is 53.5. The maximum atomic E-state index is 13.0. The number of quaternary nitrogens is 1. The summed E-state index contributed by atoms with van der Waals surface area (Å²) >= 11 is 0. The molecule has 0 spiro atoms. The van der Waals surface area contributed by atoms with E-state index < -0.39 is 20.0 Å². The Labute approximate surface area is 456 Å². The lowest BCUT2D eigenvalue weighted by Crippen LogP contribution is -2.45. The first-order valence-corrected chi connectivity index (χ1v) is 34.0. The number of likely N-dealkylation sites (N-methyl/N-ethyl adjacent to an activating group) is 1. The molecule has 1 amide bonds. The molecule has 3 unspecified atom stereocenters. The highest BCUT2D eigenvalue weighted by atomic mass is 31.2. The van der Waals surface area contributed by atoms with Gasteiger partial charge in [-0.25, -0.2) is 0 Å². The van der Waals surface area contributed by atoms with Gasteiger partial charge in [-0.1, -0.05) is 328 Å². The van der Waals surface area contributed by atoms with E-state index in [0.29, 0.717) is 17.4 Å². The third-order valence-corrected chi connectivity index (χ3v) is 16.2. The van der Waals surface area contributed by atoms with Crippen LogP contribution < -0.4 is 10.2 Å². The Kier molecular flexibility index (Phi) is 55.4. The molecule has 2 N–H and O–H groups in total. The molecule has 0 aliphatic rings. The van der Waals surface area contributed by atoms with E-state index in [1.807, 2.05) is 27.2 Å². The summed E-state index contributed by atoms with van der Waals surface area (Å²) < 4.78 is 23.4. The minimum absolute atomic E-state index is 0.00291. The average Bonchev–Trinajstić information content (AvgIpc) is 3.35. The Hall–Kier alpha value is -0.760. The minimum atomic E-state index is -4.60. The number of amides is 1. The van der Waals surface area contributed by atoms with E-state index >= 15 is 0 Å². The van der Waals surface area contributed by atoms with Gasteiger partial charge >= 0.3 is 0 Å². The predicted octanol–water partition coefficient (Wildman–Crippen LogP) is 19.5. The number of unbranched alkanes of at least 4 members (excludes halogenated alkanes) is 48. The molecular weight excluding hydrogens is 924 g/mol. The Balaban J connectivity index is 4.09. The number of allylic oxidation sites excluding steroid dienone is 1. The molecule has 9 heteroatoms. The van der Waals surface area contributed by atoms with Crippen LogP contribution in [0.2, 0.25) is 0 Å². The summed E-state index contributed by atoms with van der Waals surface area (Å²) in [4.78, 5) is 25.6. The van der Waals surface area contributed by atoms with Gasteiger partial charge in [0.1, 0.15) is 13.2 Å². The van der Waals surface area contributed by atoms with Gasteiger partial charge < -0.3 is 28.8 Å². The van der Waals surface area contributed by atoms with E-state index in [4.69, 9.17) is 9.05 Å². The first-order valence-electron chi connectivity index (χ1n) is 32.6. The highest BCUT2D eigenvalue weighted by Crippen LogP contribution is 2.38. The van der Waals surface area contributed by atoms with Crippen molar-refractivity contribution >= 4 is 13.7 Å². The van der Waals surface area contributed by atoms with Crippen LogP contribution in [0.25, 0.3) is 0 Å². The van der Waals surface area contributed by atoms with Gasteiger partial charge in [0.05, 0.1) is 39.9 Å². The molecule has 0 radical (unpaired) electrons. The molecule has 0 aromatic carbocycles. The van der Waals surface area contributed by atoms with Crippen molar-refractivity contribution in [2.75, 3.05) is 40.9 Å². The van der Waals surface area contributed by atoms with Crippen molar-refractivity contribution in [1.29, 1.82) is 0 Å². The van der Waals surface area contributed by atoms with Gasteiger partial charge in [-0.05, 0) is 19.3 Å². The van der Waals surface area contributed by atoms with E-state index in [1.54, 1.807) is 6.08 Å². The Morgan fingerprint density at radius 3 is 1.03 bits per heavy atom. The fraction of sp³-hybridized carbons (Fsp3) is 0.953. The van der Waals surface area contributed by atoms with Crippen LogP contribution >= 0.6 is 7.82 Å². The molecule has 0 bridgehead atoms. The second kappa shape index (κ2) is 56.0. The van der Waals surface area contributed by atoms with Gasteiger partial charge in [0.2, 0.25) is 5.91 Å². The number of rotatable bonds is 61. The number of phosphoric ester groups is 1. The number of carbonyl (C=O) groups excluding carboxylic acids is 1. The van der Waals surface area contributed by atoms with Crippen LogP contribution in [-0.4, -0.2) is 68.5 Å². The van der Waals surface area contributed by atoms with Crippen molar-refractivity contribution in [3.63, 3.8) is 0 Å². The largest absolute Gasteiger partial charge is 0.756 e. The lowest BCUT2D eigenvalue weighted by molar-refractivity contribution is -0.870.